The molecule has 0 aromatic heterocycles. The van der Waals surface area contributed by atoms with E-state index in [1.807, 2.05) is 30.3 Å². The normalized spacial score (nSPS) is 14.0. The monoisotopic (exact) mass is 480 g/mol. The highest BCUT2D eigenvalue weighted by molar-refractivity contribution is 5.78. The van der Waals surface area contributed by atoms with E-state index >= 15 is 0 Å². The van der Waals surface area contributed by atoms with Gasteiger partial charge >= 0.3 is 12.1 Å². The third-order valence-corrected chi connectivity index (χ3v) is 5.16. The number of alkyl halides is 3. The lowest BCUT2D eigenvalue weighted by Gasteiger charge is -2.36. The van der Waals surface area contributed by atoms with Crippen LogP contribution in [0.15, 0.2) is 48.5 Å². The number of anilines is 1. The van der Waals surface area contributed by atoms with Gasteiger partial charge < -0.3 is 24.0 Å². The van der Waals surface area contributed by atoms with Crippen molar-refractivity contribution in [3.05, 3.63) is 54.1 Å². The summed E-state index contributed by atoms with van der Waals surface area (Å²) in [7, 11) is 0. The number of para-hydroxylation sites is 1. The van der Waals surface area contributed by atoms with Crippen LogP contribution in [0, 0.1) is 0 Å². The number of halogens is 3. The molecule has 0 aliphatic carbocycles. The lowest BCUT2D eigenvalue weighted by Crippen LogP contribution is -2.50. The van der Waals surface area contributed by atoms with Crippen LogP contribution >= 0.6 is 0 Å². The van der Waals surface area contributed by atoms with E-state index in [0.29, 0.717) is 36.8 Å². The summed E-state index contributed by atoms with van der Waals surface area (Å²) in [5.74, 6) is -0.552. The molecule has 1 saturated heterocycles. The van der Waals surface area contributed by atoms with E-state index in [4.69, 9.17) is 9.47 Å². The van der Waals surface area contributed by atoms with Gasteiger partial charge in [-0.15, -0.1) is 0 Å². The Morgan fingerprint density at radius 3 is 2.29 bits per heavy atom. The highest BCUT2D eigenvalue weighted by Gasteiger charge is 2.29. The van der Waals surface area contributed by atoms with Gasteiger partial charge in [-0.05, 0) is 36.8 Å². The van der Waals surface area contributed by atoms with E-state index in [-0.39, 0.29) is 18.9 Å². The second-order valence-corrected chi connectivity index (χ2v) is 7.66. The minimum absolute atomic E-state index is 0.157. The van der Waals surface area contributed by atoms with Crippen molar-refractivity contribution in [1.82, 2.24) is 4.90 Å². The molecule has 0 N–H and O–H groups in total. The quantitative estimate of drug-likeness (QED) is 0.512. The van der Waals surface area contributed by atoms with Crippen molar-refractivity contribution in [2.75, 3.05) is 50.9 Å². The number of rotatable bonds is 9. The summed E-state index contributed by atoms with van der Waals surface area (Å²) in [5.41, 5.74) is 1.53. The molecule has 7 nitrogen and oxygen atoms in total. The van der Waals surface area contributed by atoms with E-state index in [0.717, 1.165) is 18.8 Å². The van der Waals surface area contributed by atoms with Crippen LogP contribution in [0.3, 0.4) is 0 Å². The molecule has 2 aromatic rings. The predicted octanol–water partition coefficient (Wildman–Crippen LogP) is 3.46. The van der Waals surface area contributed by atoms with Crippen LogP contribution in [0.2, 0.25) is 0 Å². The number of nitrogens with zero attached hydrogens (tertiary/aromatic N) is 2. The maximum absolute atomic E-state index is 12.6. The van der Waals surface area contributed by atoms with Crippen LogP contribution in [0.5, 0.6) is 11.5 Å². The van der Waals surface area contributed by atoms with Crippen LogP contribution in [-0.4, -0.2) is 69.0 Å². The summed E-state index contributed by atoms with van der Waals surface area (Å²) in [6.45, 7) is 2.84. The SMILES string of the molecule is CCOc1cc(CC(=O)OCC(F)(F)F)ccc1OCC(=O)N1CCN(c2ccccc2)CC1. The van der Waals surface area contributed by atoms with Crippen LogP contribution in [-0.2, 0) is 20.7 Å². The summed E-state index contributed by atoms with van der Waals surface area (Å²) < 4.78 is 52.1. The minimum Gasteiger partial charge on any atom is -0.490 e. The van der Waals surface area contributed by atoms with Gasteiger partial charge in [0.05, 0.1) is 13.0 Å². The molecule has 1 aliphatic rings. The Morgan fingerprint density at radius 1 is 0.941 bits per heavy atom. The predicted molar refractivity (Wildman–Crippen MR) is 119 cm³/mol. The average Bonchev–Trinajstić information content (AvgIpc) is 2.82. The summed E-state index contributed by atoms with van der Waals surface area (Å²) in [4.78, 5) is 28.3. The molecule has 1 aliphatic heterocycles. The van der Waals surface area contributed by atoms with E-state index in [1.54, 1.807) is 11.8 Å². The molecule has 0 bridgehead atoms. The molecular weight excluding hydrogens is 453 g/mol. The number of amides is 1. The molecule has 1 heterocycles. The van der Waals surface area contributed by atoms with Gasteiger partial charge in [-0.25, -0.2) is 0 Å². The molecule has 3 rings (SSSR count). The number of hydrogen-bond donors (Lipinski definition) is 0. The Morgan fingerprint density at radius 2 is 1.65 bits per heavy atom. The van der Waals surface area contributed by atoms with Crippen molar-refractivity contribution in [3.63, 3.8) is 0 Å². The Labute approximate surface area is 196 Å². The average molecular weight is 480 g/mol. The standard InChI is InChI=1S/C24H27F3N2O5/c1-2-32-21-14-18(15-23(31)34-17-24(25,26)27)8-9-20(21)33-16-22(30)29-12-10-28(11-13-29)19-6-4-3-5-7-19/h3-9,14H,2,10-13,15-17H2,1H3. The fourth-order valence-corrected chi connectivity index (χ4v) is 3.51. The van der Waals surface area contributed by atoms with E-state index in [9.17, 15) is 22.8 Å². The van der Waals surface area contributed by atoms with Gasteiger partial charge in [-0.3, -0.25) is 9.59 Å². The Kier molecular flexibility index (Phi) is 8.61. The number of carbonyl (C=O) groups is 2. The number of benzene rings is 2. The van der Waals surface area contributed by atoms with Crippen molar-refractivity contribution < 1.29 is 37.0 Å². The molecule has 0 radical (unpaired) electrons. The van der Waals surface area contributed by atoms with Crippen molar-refractivity contribution in [2.24, 2.45) is 0 Å². The summed E-state index contributed by atoms with van der Waals surface area (Å²) in [5, 5.41) is 0. The Bertz CT molecular complexity index is 961. The zero-order valence-electron chi connectivity index (χ0n) is 18.8. The highest BCUT2D eigenvalue weighted by Crippen LogP contribution is 2.29. The minimum atomic E-state index is -4.58. The number of ether oxygens (including phenoxy) is 3. The van der Waals surface area contributed by atoms with Crippen LogP contribution in [0.1, 0.15) is 12.5 Å². The van der Waals surface area contributed by atoms with Gasteiger partial charge in [0.15, 0.2) is 24.7 Å². The third kappa shape index (κ3) is 7.57. The molecule has 1 amide bonds. The molecule has 0 atom stereocenters. The summed E-state index contributed by atoms with van der Waals surface area (Å²) in [6, 6.07) is 14.5. The summed E-state index contributed by atoms with van der Waals surface area (Å²) >= 11 is 0. The third-order valence-electron chi connectivity index (χ3n) is 5.16. The topological polar surface area (TPSA) is 68.3 Å². The van der Waals surface area contributed by atoms with Crippen molar-refractivity contribution >= 4 is 17.6 Å². The first kappa shape index (κ1) is 25.2. The van der Waals surface area contributed by atoms with E-state index in [1.165, 1.54) is 18.2 Å². The molecular formula is C24H27F3N2O5. The van der Waals surface area contributed by atoms with E-state index < -0.39 is 18.8 Å². The maximum Gasteiger partial charge on any atom is 0.422 e. The molecule has 34 heavy (non-hydrogen) atoms. The largest absolute Gasteiger partial charge is 0.490 e. The molecule has 0 unspecified atom stereocenters. The van der Waals surface area contributed by atoms with Crippen molar-refractivity contribution in [2.45, 2.75) is 19.5 Å². The smallest absolute Gasteiger partial charge is 0.422 e. The van der Waals surface area contributed by atoms with Gasteiger partial charge in [0.25, 0.3) is 5.91 Å². The fraction of sp³-hybridized carbons (Fsp3) is 0.417. The second kappa shape index (κ2) is 11.6. The first-order valence-electron chi connectivity index (χ1n) is 10.9. The van der Waals surface area contributed by atoms with E-state index in [2.05, 4.69) is 9.64 Å². The fourth-order valence-electron chi connectivity index (χ4n) is 3.51. The second-order valence-electron chi connectivity index (χ2n) is 7.66. The Hall–Kier alpha value is -3.43. The lowest BCUT2D eigenvalue weighted by atomic mass is 10.1. The van der Waals surface area contributed by atoms with Crippen molar-refractivity contribution in [3.8, 4) is 11.5 Å². The number of carbonyl (C=O) groups excluding carboxylic acids is 2. The summed E-state index contributed by atoms with van der Waals surface area (Å²) in [6.07, 6.45) is -4.92. The Balaban J connectivity index is 1.52. The first-order valence-corrected chi connectivity index (χ1v) is 10.9. The highest BCUT2D eigenvalue weighted by atomic mass is 19.4. The molecule has 0 saturated carbocycles. The number of piperazine rings is 1. The zero-order chi connectivity index (χ0) is 24.6. The van der Waals surface area contributed by atoms with Gasteiger partial charge in [0.2, 0.25) is 0 Å². The molecule has 1 fully saturated rings. The number of hydrogen-bond acceptors (Lipinski definition) is 6. The molecule has 10 heteroatoms. The van der Waals surface area contributed by atoms with Crippen LogP contribution in [0.25, 0.3) is 0 Å². The lowest BCUT2D eigenvalue weighted by molar-refractivity contribution is -0.185. The molecule has 2 aromatic carbocycles. The van der Waals surface area contributed by atoms with Crippen molar-refractivity contribution in [1.29, 1.82) is 0 Å². The van der Waals surface area contributed by atoms with Gasteiger partial charge in [-0.1, -0.05) is 24.3 Å². The zero-order valence-corrected chi connectivity index (χ0v) is 18.8. The van der Waals surface area contributed by atoms with Gasteiger partial charge in [-0.2, -0.15) is 13.2 Å². The first-order chi connectivity index (χ1) is 16.2. The van der Waals surface area contributed by atoms with Crippen LogP contribution < -0.4 is 14.4 Å². The van der Waals surface area contributed by atoms with Gasteiger partial charge in [0, 0.05) is 31.9 Å². The molecule has 0 spiro atoms. The van der Waals surface area contributed by atoms with Crippen LogP contribution in [0.4, 0.5) is 18.9 Å². The van der Waals surface area contributed by atoms with Gasteiger partial charge in [0.1, 0.15) is 0 Å². The maximum atomic E-state index is 12.6. The number of esters is 1. The molecule has 184 valence electrons.